The first kappa shape index (κ1) is 20.8. The normalized spacial score (nSPS) is 11.6. The fourth-order valence-corrected chi connectivity index (χ4v) is 4.69. The van der Waals surface area contributed by atoms with E-state index in [0.29, 0.717) is 18.9 Å². The number of pyridine rings is 1. The largest absolute Gasteiger partial charge is 0.495 e. The number of sulfonamides is 1. The minimum absolute atomic E-state index is 0.0391. The molecule has 2 aromatic carbocycles. The average molecular weight is 413 g/mol. The van der Waals surface area contributed by atoms with E-state index < -0.39 is 15.9 Å². The van der Waals surface area contributed by atoms with Crippen molar-refractivity contribution in [2.45, 2.75) is 18.7 Å². The van der Waals surface area contributed by atoms with Crippen LogP contribution in [0.3, 0.4) is 0 Å². The van der Waals surface area contributed by atoms with Gasteiger partial charge in [-0.15, -0.1) is 0 Å². The molecule has 0 spiro atoms. The summed E-state index contributed by atoms with van der Waals surface area (Å²) in [5.74, 6) is 0.126. The van der Waals surface area contributed by atoms with E-state index in [-0.39, 0.29) is 16.2 Å². The van der Waals surface area contributed by atoms with Gasteiger partial charge in [-0.05, 0) is 36.4 Å². The number of anilines is 1. The van der Waals surface area contributed by atoms with Gasteiger partial charge >= 0.3 is 0 Å². The van der Waals surface area contributed by atoms with Crippen molar-refractivity contribution in [2.24, 2.45) is 0 Å². The molecule has 0 radical (unpaired) electrons. The van der Waals surface area contributed by atoms with Gasteiger partial charge in [0.15, 0.2) is 0 Å². The van der Waals surface area contributed by atoms with E-state index in [1.165, 1.54) is 29.6 Å². The van der Waals surface area contributed by atoms with E-state index >= 15 is 0 Å². The molecular formula is C21H23N3O4S. The van der Waals surface area contributed by atoms with Gasteiger partial charge in [-0.2, -0.15) is 4.31 Å². The summed E-state index contributed by atoms with van der Waals surface area (Å²) in [4.78, 5) is 17.1. The Kier molecular flexibility index (Phi) is 6.14. The van der Waals surface area contributed by atoms with Gasteiger partial charge in [0.25, 0.3) is 5.91 Å². The highest BCUT2D eigenvalue weighted by atomic mass is 32.2. The Morgan fingerprint density at radius 3 is 2.48 bits per heavy atom. The fourth-order valence-electron chi connectivity index (χ4n) is 3.05. The van der Waals surface area contributed by atoms with Crippen LogP contribution >= 0.6 is 0 Å². The first-order valence-electron chi connectivity index (χ1n) is 9.26. The van der Waals surface area contributed by atoms with Crippen LogP contribution < -0.4 is 10.1 Å². The average Bonchev–Trinajstić information content (AvgIpc) is 2.73. The molecule has 0 unspecified atom stereocenters. The Labute approximate surface area is 170 Å². The summed E-state index contributed by atoms with van der Waals surface area (Å²) >= 11 is 0. The molecule has 1 N–H and O–H groups in total. The number of hydrogen-bond donors (Lipinski definition) is 1. The van der Waals surface area contributed by atoms with Gasteiger partial charge in [0.05, 0.1) is 12.6 Å². The summed E-state index contributed by atoms with van der Waals surface area (Å²) in [5, 5.41) is 3.69. The summed E-state index contributed by atoms with van der Waals surface area (Å²) in [6, 6.07) is 15.5. The van der Waals surface area contributed by atoms with Crippen LogP contribution in [-0.4, -0.2) is 43.8 Å². The Morgan fingerprint density at radius 2 is 1.79 bits per heavy atom. The Balaban J connectivity index is 1.94. The van der Waals surface area contributed by atoms with Crippen LogP contribution in [-0.2, 0) is 10.0 Å². The maximum Gasteiger partial charge on any atom is 0.256 e. The second-order valence-corrected chi connectivity index (χ2v) is 8.20. The Morgan fingerprint density at radius 1 is 1.07 bits per heavy atom. The van der Waals surface area contributed by atoms with Crippen molar-refractivity contribution >= 4 is 32.7 Å². The van der Waals surface area contributed by atoms with Crippen molar-refractivity contribution in [3.05, 3.63) is 60.2 Å². The zero-order chi connectivity index (χ0) is 21.0. The van der Waals surface area contributed by atoms with Crippen LogP contribution in [0.5, 0.6) is 5.75 Å². The third-order valence-electron chi connectivity index (χ3n) is 4.59. The monoisotopic (exact) mass is 413 g/mol. The topological polar surface area (TPSA) is 88.6 Å². The molecule has 0 saturated heterocycles. The number of benzene rings is 2. The molecule has 1 amide bonds. The quantitative estimate of drug-likeness (QED) is 0.640. The van der Waals surface area contributed by atoms with Gasteiger partial charge in [-0.1, -0.05) is 32.0 Å². The summed E-state index contributed by atoms with van der Waals surface area (Å²) < 4.78 is 32.5. The lowest BCUT2D eigenvalue weighted by atomic mass is 10.2. The highest BCUT2D eigenvalue weighted by Gasteiger charge is 2.26. The zero-order valence-electron chi connectivity index (χ0n) is 16.5. The molecule has 7 nitrogen and oxygen atoms in total. The molecule has 0 atom stereocenters. The number of ether oxygens (including phenoxy) is 1. The number of carbonyl (C=O) groups is 1. The molecular weight excluding hydrogens is 390 g/mol. The van der Waals surface area contributed by atoms with Gasteiger partial charge < -0.3 is 10.1 Å². The van der Waals surface area contributed by atoms with Crippen molar-refractivity contribution < 1.29 is 17.9 Å². The lowest BCUT2D eigenvalue weighted by Crippen LogP contribution is -2.31. The number of nitrogens with zero attached hydrogens (tertiary/aromatic N) is 2. The maximum atomic E-state index is 13.0. The predicted octanol–water partition coefficient (Wildman–Crippen LogP) is 3.53. The van der Waals surface area contributed by atoms with Crippen LogP contribution in [0.1, 0.15) is 24.2 Å². The van der Waals surface area contributed by atoms with Crippen LogP contribution in [0.25, 0.3) is 10.9 Å². The minimum Gasteiger partial charge on any atom is -0.495 e. The number of nitrogens with one attached hydrogen (secondary N) is 1. The van der Waals surface area contributed by atoms with E-state index in [9.17, 15) is 13.2 Å². The van der Waals surface area contributed by atoms with Gasteiger partial charge in [0.2, 0.25) is 10.0 Å². The molecule has 3 aromatic rings. The molecule has 0 fully saturated rings. The number of carbonyl (C=O) groups excluding carboxylic acids is 1. The number of amides is 1. The fraction of sp³-hybridized carbons (Fsp3) is 0.238. The predicted molar refractivity (Wildman–Crippen MR) is 113 cm³/mol. The van der Waals surface area contributed by atoms with Crippen molar-refractivity contribution in [3.63, 3.8) is 0 Å². The second-order valence-electron chi connectivity index (χ2n) is 6.30. The van der Waals surface area contributed by atoms with E-state index in [1.807, 2.05) is 30.3 Å². The molecule has 1 heterocycles. The summed E-state index contributed by atoms with van der Waals surface area (Å²) in [5.41, 5.74) is 0.955. The number of aromatic nitrogens is 1. The number of methoxy groups -OCH3 is 1. The Hall–Kier alpha value is -2.97. The molecule has 3 rings (SSSR count). The smallest absolute Gasteiger partial charge is 0.256 e. The number of rotatable bonds is 7. The summed E-state index contributed by atoms with van der Waals surface area (Å²) in [7, 11) is -2.39. The van der Waals surface area contributed by atoms with E-state index in [2.05, 4.69) is 10.3 Å². The standard InChI is InChI=1S/C21H23N3O4S/c1-4-24(5-2)29(26,27)19-14-16(10-12-18(19)28-3)21(25)23-20-13-11-15-8-6-7-9-17(15)22-20/h6-14H,4-5H2,1-3H3,(H,22,23,25). The first-order chi connectivity index (χ1) is 13.9. The van der Waals surface area contributed by atoms with Crippen LogP contribution in [0, 0.1) is 0 Å². The molecule has 1 aromatic heterocycles. The van der Waals surface area contributed by atoms with E-state index in [0.717, 1.165) is 10.9 Å². The summed E-state index contributed by atoms with van der Waals surface area (Å²) in [6.45, 7) is 4.16. The third-order valence-corrected chi connectivity index (χ3v) is 6.66. The lowest BCUT2D eigenvalue weighted by molar-refractivity contribution is 0.102. The Bertz CT molecular complexity index is 1140. The molecule has 0 saturated carbocycles. The first-order valence-corrected chi connectivity index (χ1v) is 10.7. The highest BCUT2D eigenvalue weighted by Crippen LogP contribution is 2.28. The molecule has 29 heavy (non-hydrogen) atoms. The molecule has 0 bridgehead atoms. The SMILES string of the molecule is CCN(CC)S(=O)(=O)c1cc(C(=O)Nc2ccc3ccccc3n2)ccc1OC. The second kappa shape index (κ2) is 8.59. The van der Waals surface area contributed by atoms with Gasteiger partial charge in [-0.25, -0.2) is 13.4 Å². The lowest BCUT2D eigenvalue weighted by Gasteiger charge is -2.20. The number of hydrogen-bond acceptors (Lipinski definition) is 5. The molecule has 152 valence electrons. The highest BCUT2D eigenvalue weighted by molar-refractivity contribution is 7.89. The number of para-hydroxylation sites is 1. The van der Waals surface area contributed by atoms with Crippen LogP contribution in [0.15, 0.2) is 59.5 Å². The molecule has 0 aliphatic heterocycles. The van der Waals surface area contributed by atoms with E-state index in [1.54, 1.807) is 19.9 Å². The summed E-state index contributed by atoms with van der Waals surface area (Å²) in [6.07, 6.45) is 0. The molecule has 0 aliphatic rings. The van der Waals surface area contributed by atoms with Crippen molar-refractivity contribution in [1.29, 1.82) is 0 Å². The van der Waals surface area contributed by atoms with Crippen LogP contribution in [0.4, 0.5) is 5.82 Å². The maximum absolute atomic E-state index is 13.0. The zero-order valence-corrected chi connectivity index (χ0v) is 17.4. The van der Waals surface area contributed by atoms with Gasteiger partial charge in [0, 0.05) is 24.0 Å². The number of fused-ring (bicyclic) bond motifs is 1. The molecule has 0 aliphatic carbocycles. The third kappa shape index (κ3) is 4.23. The van der Waals surface area contributed by atoms with Crippen molar-refractivity contribution in [1.82, 2.24) is 9.29 Å². The molecule has 8 heteroatoms. The van der Waals surface area contributed by atoms with Gasteiger partial charge in [-0.3, -0.25) is 4.79 Å². The van der Waals surface area contributed by atoms with Crippen molar-refractivity contribution in [2.75, 3.05) is 25.5 Å². The van der Waals surface area contributed by atoms with Gasteiger partial charge in [0.1, 0.15) is 16.5 Å². The van der Waals surface area contributed by atoms with Crippen LogP contribution in [0.2, 0.25) is 0 Å². The minimum atomic E-state index is -3.79. The van der Waals surface area contributed by atoms with Crippen molar-refractivity contribution in [3.8, 4) is 5.75 Å². The van der Waals surface area contributed by atoms with E-state index in [4.69, 9.17) is 4.74 Å².